The van der Waals surface area contributed by atoms with Gasteiger partial charge in [-0.15, -0.1) is 11.3 Å². The Bertz CT molecular complexity index is 492. The molecular weight excluding hydrogens is 254 g/mol. The Morgan fingerprint density at radius 1 is 1.21 bits per heavy atom. The first-order valence-electron chi connectivity index (χ1n) is 6.67. The summed E-state index contributed by atoms with van der Waals surface area (Å²) in [6.45, 7) is 4.20. The molecule has 1 unspecified atom stereocenters. The molecule has 0 radical (unpaired) electrons. The van der Waals surface area contributed by atoms with Gasteiger partial charge < -0.3 is 10.0 Å². The van der Waals surface area contributed by atoms with Crippen LogP contribution in [0.25, 0.3) is 0 Å². The third-order valence-electron chi connectivity index (χ3n) is 3.61. The molecule has 3 heteroatoms. The summed E-state index contributed by atoms with van der Waals surface area (Å²) in [5.41, 5.74) is 2.16. The van der Waals surface area contributed by atoms with Crippen LogP contribution in [0.1, 0.15) is 42.9 Å². The minimum Gasteiger partial charge on any atom is -0.388 e. The molecule has 0 bridgehead atoms. The van der Waals surface area contributed by atoms with Gasteiger partial charge in [-0.05, 0) is 42.5 Å². The number of aliphatic hydroxyl groups excluding tert-OH is 1. The maximum atomic E-state index is 9.81. The molecular formula is C16H21NOS. The van der Waals surface area contributed by atoms with Crippen molar-refractivity contribution < 1.29 is 5.11 Å². The topological polar surface area (TPSA) is 23.5 Å². The van der Waals surface area contributed by atoms with Crippen LogP contribution < -0.4 is 4.90 Å². The molecule has 0 aliphatic carbocycles. The van der Waals surface area contributed by atoms with Crippen molar-refractivity contribution in [2.75, 3.05) is 11.9 Å². The molecule has 0 saturated heterocycles. The second kappa shape index (κ2) is 6.22. The van der Waals surface area contributed by atoms with E-state index in [1.807, 2.05) is 19.1 Å². The zero-order chi connectivity index (χ0) is 13.8. The Labute approximate surface area is 119 Å². The third kappa shape index (κ3) is 3.17. The predicted molar refractivity (Wildman–Crippen MR) is 82.8 cm³/mol. The number of hydrogen-bond donors (Lipinski definition) is 1. The van der Waals surface area contributed by atoms with Crippen LogP contribution in [-0.2, 0) is 0 Å². The fourth-order valence-corrected chi connectivity index (χ4v) is 2.94. The third-order valence-corrected chi connectivity index (χ3v) is 4.65. The highest BCUT2D eigenvalue weighted by Gasteiger charge is 2.13. The van der Waals surface area contributed by atoms with Crippen molar-refractivity contribution in [3.05, 3.63) is 52.2 Å². The Hall–Kier alpha value is -1.32. The molecule has 19 heavy (non-hydrogen) atoms. The summed E-state index contributed by atoms with van der Waals surface area (Å²) in [5.74, 6) is 0. The minimum absolute atomic E-state index is 0.353. The average Bonchev–Trinajstić information content (AvgIpc) is 2.99. The number of hydrogen-bond acceptors (Lipinski definition) is 3. The molecule has 2 rings (SSSR count). The summed E-state index contributed by atoms with van der Waals surface area (Å²) >= 11 is 1.78. The first-order valence-corrected chi connectivity index (χ1v) is 7.55. The SMILES string of the molecule is CC[C@H](O)c1ccc(N(C)C(C)c2cccs2)cc1. The molecule has 0 saturated carbocycles. The molecule has 2 nitrogen and oxygen atoms in total. The van der Waals surface area contributed by atoms with Crippen LogP contribution in [0.3, 0.4) is 0 Å². The summed E-state index contributed by atoms with van der Waals surface area (Å²) < 4.78 is 0. The lowest BCUT2D eigenvalue weighted by Gasteiger charge is -2.26. The lowest BCUT2D eigenvalue weighted by atomic mass is 10.1. The van der Waals surface area contributed by atoms with Gasteiger partial charge >= 0.3 is 0 Å². The van der Waals surface area contributed by atoms with Crippen LogP contribution in [0, 0.1) is 0 Å². The molecule has 0 spiro atoms. The van der Waals surface area contributed by atoms with E-state index in [1.165, 1.54) is 10.6 Å². The van der Waals surface area contributed by atoms with Crippen LogP contribution in [-0.4, -0.2) is 12.2 Å². The van der Waals surface area contributed by atoms with E-state index in [2.05, 4.69) is 48.5 Å². The van der Waals surface area contributed by atoms with Gasteiger partial charge in [-0.2, -0.15) is 0 Å². The molecule has 0 amide bonds. The van der Waals surface area contributed by atoms with E-state index in [1.54, 1.807) is 11.3 Å². The van der Waals surface area contributed by atoms with Crippen LogP contribution in [0.5, 0.6) is 0 Å². The van der Waals surface area contributed by atoms with Gasteiger partial charge in [-0.3, -0.25) is 0 Å². The Morgan fingerprint density at radius 2 is 1.89 bits per heavy atom. The van der Waals surface area contributed by atoms with Crippen LogP contribution >= 0.6 is 11.3 Å². The van der Waals surface area contributed by atoms with E-state index in [9.17, 15) is 5.11 Å². The number of aliphatic hydroxyl groups is 1. The van der Waals surface area contributed by atoms with Gasteiger partial charge in [0.15, 0.2) is 0 Å². The number of nitrogens with zero attached hydrogens (tertiary/aromatic N) is 1. The van der Waals surface area contributed by atoms with E-state index in [-0.39, 0.29) is 6.10 Å². The largest absolute Gasteiger partial charge is 0.388 e. The second-order valence-corrected chi connectivity index (χ2v) is 5.80. The summed E-state index contributed by atoms with van der Waals surface area (Å²) in [7, 11) is 2.11. The molecule has 2 aromatic rings. The van der Waals surface area contributed by atoms with Crippen molar-refractivity contribution in [3.63, 3.8) is 0 Å². The standard InChI is InChI=1S/C16H21NOS/c1-4-15(18)13-7-9-14(10-8-13)17(3)12(2)16-6-5-11-19-16/h5-12,15,18H,4H2,1-3H3/t12?,15-/m0/s1. The monoisotopic (exact) mass is 275 g/mol. The molecule has 0 aliphatic rings. The van der Waals surface area contributed by atoms with Crippen molar-refractivity contribution in [2.45, 2.75) is 32.4 Å². The molecule has 1 N–H and O–H groups in total. The lowest BCUT2D eigenvalue weighted by molar-refractivity contribution is 0.173. The van der Waals surface area contributed by atoms with E-state index in [0.717, 1.165) is 12.0 Å². The molecule has 102 valence electrons. The summed E-state index contributed by atoms with van der Waals surface area (Å²) in [6.07, 6.45) is 0.398. The Balaban J connectivity index is 2.13. The number of rotatable bonds is 5. The van der Waals surface area contributed by atoms with E-state index in [0.29, 0.717) is 6.04 Å². The van der Waals surface area contributed by atoms with Gasteiger partial charge in [0.2, 0.25) is 0 Å². The van der Waals surface area contributed by atoms with Gasteiger partial charge in [0.05, 0.1) is 12.1 Å². The zero-order valence-electron chi connectivity index (χ0n) is 11.7. The van der Waals surface area contributed by atoms with E-state index < -0.39 is 0 Å². The van der Waals surface area contributed by atoms with Gasteiger partial charge in [0.25, 0.3) is 0 Å². The van der Waals surface area contributed by atoms with Gasteiger partial charge in [-0.25, -0.2) is 0 Å². The maximum Gasteiger partial charge on any atom is 0.0787 e. The van der Waals surface area contributed by atoms with Crippen LogP contribution in [0.2, 0.25) is 0 Å². The Kier molecular flexibility index (Phi) is 4.61. The van der Waals surface area contributed by atoms with Gasteiger partial charge in [0, 0.05) is 17.6 Å². The lowest BCUT2D eigenvalue weighted by Crippen LogP contribution is -2.20. The molecule has 2 atom stereocenters. The van der Waals surface area contributed by atoms with Crippen LogP contribution in [0.15, 0.2) is 41.8 Å². The normalized spacial score (nSPS) is 14.1. The van der Waals surface area contributed by atoms with Crippen molar-refractivity contribution in [1.29, 1.82) is 0 Å². The summed E-state index contributed by atoms with van der Waals surface area (Å²) in [5, 5.41) is 11.9. The molecule has 1 heterocycles. The highest BCUT2D eigenvalue weighted by Crippen LogP contribution is 2.29. The van der Waals surface area contributed by atoms with Gasteiger partial charge in [-0.1, -0.05) is 25.1 Å². The molecule has 1 aromatic carbocycles. The molecule has 1 aromatic heterocycles. The highest BCUT2D eigenvalue weighted by atomic mass is 32.1. The fraction of sp³-hybridized carbons (Fsp3) is 0.375. The van der Waals surface area contributed by atoms with Crippen molar-refractivity contribution >= 4 is 17.0 Å². The smallest absolute Gasteiger partial charge is 0.0787 e. The van der Waals surface area contributed by atoms with Crippen molar-refractivity contribution in [2.24, 2.45) is 0 Å². The van der Waals surface area contributed by atoms with Crippen LogP contribution in [0.4, 0.5) is 5.69 Å². The highest BCUT2D eigenvalue weighted by molar-refractivity contribution is 7.10. The minimum atomic E-state index is -0.353. The average molecular weight is 275 g/mol. The fourth-order valence-electron chi connectivity index (χ4n) is 2.11. The quantitative estimate of drug-likeness (QED) is 0.875. The molecule has 0 fully saturated rings. The zero-order valence-corrected chi connectivity index (χ0v) is 12.5. The van der Waals surface area contributed by atoms with E-state index >= 15 is 0 Å². The molecule has 0 aliphatic heterocycles. The van der Waals surface area contributed by atoms with Crippen molar-refractivity contribution in [1.82, 2.24) is 0 Å². The number of anilines is 1. The predicted octanol–water partition coefficient (Wildman–Crippen LogP) is 4.39. The van der Waals surface area contributed by atoms with E-state index in [4.69, 9.17) is 0 Å². The summed E-state index contributed by atoms with van der Waals surface area (Å²) in [4.78, 5) is 3.62. The van der Waals surface area contributed by atoms with Gasteiger partial charge in [0.1, 0.15) is 0 Å². The van der Waals surface area contributed by atoms with Crippen molar-refractivity contribution in [3.8, 4) is 0 Å². The Morgan fingerprint density at radius 3 is 2.42 bits per heavy atom. The number of benzene rings is 1. The summed E-state index contributed by atoms with van der Waals surface area (Å²) in [6, 6.07) is 12.8. The second-order valence-electron chi connectivity index (χ2n) is 4.82. The first-order chi connectivity index (χ1) is 9.13. The maximum absolute atomic E-state index is 9.81. The number of thiophene rings is 1. The first kappa shape index (κ1) is 14.1.